The first-order valence-corrected chi connectivity index (χ1v) is 14.4. The number of aromatic nitrogens is 1. The number of nitrogens with one attached hydrogen (secondary N) is 2. The average molecular weight is 576 g/mol. The number of pyridine rings is 1. The first kappa shape index (κ1) is 28.2. The molecule has 39 heavy (non-hydrogen) atoms. The van der Waals surface area contributed by atoms with Crippen molar-refractivity contribution in [2.24, 2.45) is 7.05 Å². The molecule has 8 nitrogen and oxygen atoms in total. The van der Waals surface area contributed by atoms with Crippen molar-refractivity contribution in [2.45, 2.75) is 33.2 Å². The normalized spacial score (nSPS) is 12.0. The molecule has 0 aliphatic rings. The van der Waals surface area contributed by atoms with Crippen molar-refractivity contribution in [3.63, 3.8) is 0 Å². The summed E-state index contributed by atoms with van der Waals surface area (Å²) in [6.45, 7) is 7.00. The topological polar surface area (TPSA) is 106 Å². The molecule has 2 aromatic heterocycles. The number of anilines is 1. The molecule has 2 heterocycles. The molecule has 2 aromatic carbocycles. The van der Waals surface area contributed by atoms with Crippen LogP contribution < -0.4 is 20.3 Å². The molecule has 0 atom stereocenters. The Kier molecular flexibility index (Phi) is 7.55. The van der Waals surface area contributed by atoms with E-state index in [0.29, 0.717) is 32.2 Å². The third-order valence-electron chi connectivity index (χ3n) is 5.61. The van der Waals surface area contributed by atoms with Gasteiger partial charge in [-0.05, 0) is 64.1 Å². The number of carbonyl (C=O) groups excluding carboxylic acids is 1. The van der Waals surface area contributed by atoms with Gasteiger partial charge >= 0.3 is 0 Å². The number of nitrogens with zero attached hydrogens (tertiary/aromatic N) is 1. The summed E-state index contributed by atoms with van der Waals surface area (Å²) < 4.78 is 62.4. The van der Waals surface area contributed by atoms with Crippen molar-refractivity contribution < 1.29 is 26.7 Å². The molecule has 0 fully saturated rings. The molecule has 4 rings (SSSR count). The molecule has 0 spiro atoms. The third kappa shape index (κ3) is 6.28. The van der Waals surface area contributed by atoms with Crippen LogP contribution in [-0.2, 0) is 17.1 Å². The Morgan fingerprint density at radius 3 is 2.38 bits per heavy atom. The molecule has 2 N–H and O–H groups in total. The number of benzene rings is 2. The fourth-order valence-corrected chi connectivity index (χ4v) is 5.46. The van der Waals surface area contributed by atoms with Crippen LogP contribution >= 0.6 is 11.3 Å². The summed E-state index contributed by atoms with van der Waals surface area (Å²) in [6.07, 6.45) is 1.53. The van der Waals surface area contributed by atoms with Gasteiger partial charge in [-0.3, -0.25) is 14.3 Å². The van der Waals surface area contributed by atoms with E-state index >= 15 is 0 Å². The molecule has 12 heteroatoms. The van der Waals surface area contributed by atoms with E-state index in [9.17, 15) is 26.8 Å². The Hall–Kier alpha value is -3.77. The van der Waals surface area contributed by atoms with Gasteiger partial charge in [0, 0.05) is 47.1 Å². The second-order valence-electron chi connectivity index (χ2n) is 9.91. The maximum atomic E-state index is 14.5. The lowest BCUT2D eigenvalue weighted by atomic mass is 10.0. The lowest BCUT2D eigenvalue weighted by molar-refractivity contribution is 0.0923. The SMILES string of the molecule is CCS(=O)(=O)Nc1ccc(Oc2ccc(F)cc2F)c(-c2cn(C)c(=O)c3sc(C(=O)NC(C)(C)C)cc23)c1. The summed E-state index contributed by atoms with van der Waals surface area (Å²) in [4.78, 5) is 26.2. The number of thiophene rings is 1. The van der Waals surface area contributed by atoms with Crippen LogP contribution in [0.25, 0.3) is 21.2 Å². The molecular weight excluding hydrogens is 548 g/mol. The van der Waals surface area contributed by atoms with Gasteiger partial charge in [0.25, 0.3) is 11.5 Å². The van der Waals surface area contributed by atoms with Crippen LogP contribution in [0.3, 0.4) is 0 Å². The first-order valence-electron chi connectivity index (χ1n) is 11.9. The Balaban J connectivity index is 1.95. The number of carbonyl (C=O) groups is 1. The lowest BCUT2D eigenvalue weighted by Gasteiger charge is -2.19. The minimum Gasteiger partial charge on any atom is -0.454 e. The van der Waals surface area contributed by atoms with Crippen LogP contribution in [0.15, 0.2) is 53.5 Å². The van der Waals surface area contributed by atoms with Gasteiger partial charge < -0.3 is 14.6 Å². The van der Waals surface area contributed by atoms with Gasteiger partial charge in [-0.25, -0.2) is 17.2 Å². The van der Waals surface area contributed by atoms with E-state index in [2.05, 4.69) is 10.0 Å². The first-order chi connectivity index (χ1) is 18.2. The number of hydrogen-bond donors (Lipinski definition) is 2. The smallest absolute Gasteiger partial charge is 0.268 e. The number of aryl methyl sites for hydroxylation is 1. The van der Waals surface area contributed by atoms with Crippen molar-refractivity contribution in [1.29, 1.82) is 0 Å². The molecule has 4 aromatic rings. The van der Waals surface area contributed by atoms with Crippen LogP contribution in [0.2, 0.25) is 0 Å². The summed E-state index contributed by atoms with van der Waals surface area (Å²) in [6, 6.07) is 8.84. The fraction of sp³-hybridized carbons (Fsp3) is 0.259. The maximum Gasteiger partial charge on any atom is 0.268 e. The molecule has 206 valence electrons. The Labute approximate surface area is 228 Å². The number of fused-ring (bicyclic) bond motifs is 1. The zero-order valence-electron chi connectivity index (χ0n) is 21.9. The molecule has 0 radical (unpaired) electrons. The predicted molar refractivity (Wildman–Crippen MR) is 149 cm³/mol. The molecule has 1 amide bonds. The van der Waals surface area contributed by atoms with Gasteiger partial charge in [0.15, 0.2) is 11.6 Å². The van der Waals surface area contributed by atoms with Crippen molar-refractivity contribution in [3.05, 3.63) is 75.5 Å². The highest BCUT2D eigenvalue weighted by Crippen LogP contribution is 2.41. The lowest BCUT2D eigenvalue weighted by Crippen LogP contribution is -2.40. The molecule has 0 saturated carbocycles. The predicted octanol–water partition coefficient (Wildman–Crippen LogP) is 5.63. The van der Waals surface area contributed by atoms with Crippen LogP contribution in [0.5, 0.6) is 11.5 Å². The average Bonchev–Trinajstić information content (AvgIpc) is 3.29. The summed E-state index contributed by atoms with van der Waals surface area (Å²) in [7, 11) is -2.09. The zero-order valence-corrected chi connectivity index (χ0v) is 23.5. The highest BCUT2D eigenvalue weighted by molar-refractivity contribution is 7.92. The number of hydrogen-bond acceptors (Lipinski definition) is 6. The number of sulfonamides is 1. The molecule has 0 saturated heterocycles. The summed E-state index contributed by atoms with van der Waals surface area (Å²) >= 11 is 1.03. The van der Waals surface area contributed by atoms with E-state index in [1.54, 1.807) is 13.1 Å². The van der Waals surface area contributed by atoms with Crippen LogP contribution in [-0.4, -0.2) is 30.2 Å². The van der Waals surface area contributed by atoms with Crippen LogP contribution in [0.4, 0.5) is 14.5 Å². The van der Waals surface area contributed by atoms with Gasteiger partial charge in [-0.1, -0.05) is 0 Å². The molecule has 0 bridgehead atoms. The minimum atomic E-state index is -3.64. The Morgan fingerprint density at radius 2 is 1.74 bits per heavy atom. The van der Waals surface area contributed by atoms with E-state index < -0.39 is 27.2 Å². The van der Waals surface area contributed by atoms with Gasteiger partial charge in [0.05, 0.1) is 10.6 Å². The van der Waals surface area contributed by atoms with Gasteiger partial charge in [-0.15, -0.1) is 11.3 Å². The Morgan fingerprint density at radius 1 is 1.05 bits per heavy atom. The summed E-state index contributed by atoms with van der Waals surface area (Å²) in [5.74, 6) is -2.36. The monoisotopic (exact) mass is 575 g/mol. The number of halogens is 2. The minimum absolute atomic E-state index is 0.117. The second-order valence-corrected chi connectivity index (χ2v) is 13.0. The number of amides is 1. The zero-order chi connectivity index (χ0) is 28.7. The highest BCUT2D eigenvalue weighted by Gasteiger charge is 2.22. The number of rotatable bonds is 7. The molecular formula is C27H27F2N3O5S2. The standard InChI is InChI=1S/C27H27F2N3O5S2/c1-6-39(35,36)31-16-8-10-21(37-22-9-7-15(28)11-20(22)29)17(12-16)19-14-32(5)26(34)24-18(19)13-23(38-24)25(33)30-27(2,3)4/h7-14,31H,6H2,1-5H3,(H,30,33). The van der Waals surface area contributed by atoms with Gasteiger partial charge in [0.2, 0.25) is 10.0 Å². The number of ether oxygens (including phenoxy) is 1. The van der Waals surface area contributed by atoms with Crippen molar-refractivity contribution in [3.8, 4) is 22.6 Å². The third-order valence-corrected chi connectivity index (χ3v) is 8.04. The largest absolute Gasteiger partial charge is 0.454 e. The Bertz CT molecular complexity index is 1760. The van der Waals surface area contributed by atoms with Crippen LogP contribution in [0, 0.1) is 11.6 Å². The highest BCUT2D eigenvalue weighted by atomic mass is 32.2. The van der Waals surface area contributed by atoms with Crippen molar-refractivity contribution in [2.75, 3.05) is 10.5 Å². The van der Waals surface area contributed by atoms with Gasteiger partial charge in [-0.2, -0.15) is 0 Å². The van der Waals surface area contributed by atoms with E-state index in [4.69, 9.17) is 4.74 Å². The van der Waals surface area contributed by atoms with E-state index in [1.165, 1.54) is 35.9 Å². The van der Waals surface area contributed by atoms with Crippen molar-refractivity contribution in [1.82, 2.24) is 9.88 Å². The molecule has 0 unspecified atom stereocenters. The van der Waals surface area contributed by atoms with E-state index in [0.717, 1.165) is 23.5 Å². The van der Waals surface area contributed by atoms with E-state index in [1.807, 2.05) is 20.8 Å². The molecule has 0 aliphatic carbocycles. The van der Waals surface area contributed by atoms with Crippen molar-refractivity contribution >= 4 is 43.0 Å². The maximum absolute atomic E-state index is 14.5. The second kappa shape index (κ2) is 10.4. The molecule has 0 aliphatic heterocycles. The van der Waals surface area contributed by atoms with E-state index in [-0.39, 0.29) is 34.4 Å². The van der Waals surface area contributed by atoms with Crippen LogP contribution in [0.1, 0.15) is 37.4 Å². The summed E-state index contributed by atoms with van der Waals surface area (Å²) in [5, 5.41) is 3.31. The van der Waals surface area contributed by atoms with Gasteiger partial charge in [0.1, 0.15) is 16.3 Å². The fourth-order valence-electron chi connectivity index (χ4n) is 3.78. The summed E-state index contributed by atoms with van der Waals surface area (Å²) in [5.41, 5.74) is 0.126. The quantitative estimate of drug-likeness (QED) is 0.297.